The number of anilines is 1. The predicted molar refractivity (Wildman–Crippen MR) is 74.0 cm³/mol. The van der Waals surface area contributed by atoms with Gasteiger partial charge in [0.1, 0.15) is 11.9 Å². The molecule has 110 valence electrons. The highest BCUT2D eigenvalue weighted by molar-refractivity contribution is 5.79. The van der Waals surface area contributed by atoms with E-state index in [1.165, 1.54) is 12.1 Å². The van der Waals surface area contributed by atoms with Gasteiger partial charge in [0.2, 0.25) is 0 Å². The first kappa shape index (κ1) is 14.8. The molecule has 20 heavy (non-hydrogen) atoms. The van der Waals surface area contributed by atoms with Crippen molar-refractivity contribution in [2.24, 2.45) is 5.92 Å². The molecular weight excluding hydrogens is 261 g/mol. The van der Waals surface area contributed by atoms with Gasteiger partial charge in [0.15, 0.2) is 0 Å². The Morgan fingerprint density at radius 1 is 1.40 bits per heavy atom. The number of carbonyl (C=O) groups excluding carboxylic acids is 1. The maximum absolute atomic E-state index is 12.9. The van der Waals surface area contributed by atoms with E-state index in [9.17, 15) is 9.18 Å². The Balaban J connectivity index is 2.08. The van der Waals surface area contributed by atoms with Crippen LogP contribution in [0, 0.1) is 11.7 Å². The van der Waals surface area contributed by atoms with E-state index in [4.69, 9.17) is 9.47 Å². The molecular formula is C15H20FNO3. The summed E-state index contributed by atoms with van der Waals surface area (Å²) in [5, 5.41) is 3.16. The van der Waals surface area contributed by atoms with E-state index in [-0.39, 0.29) is 17.7 Å². The Bertz CT molecular complexity index is 429. The molecule has 1 saturated heterocycles. The van der Waals surface area contributed by atoms with Crippen molar-refractivity contribution >= 4 is 11.7 Å². The highest BCUT2D eigenvalue weighted by Gasteiger charge is 2.30. The summed E-state index contributed by atoms with van der Waals surface area (Å²) >= 11 is 0. The molecule has 1 aliphatic rings. The van der Waals surface area contributed by atoms with Gasteiger partial charge in [-0.15, -0.1) is 0 Å². The molecule has 0 aliphatic carbocycles. The molecule has 1 aliphatic heterocycles. The van der Waals surface area contributed by atoms with E-state index in [2.05, 4.69) is 5.32 Å². The second-order valence-electron chi connectivity index (χ2n) is 4.83. The van der Waals surface area contributed by atoms with Crippen LogP contribution in [0.2, 0.25) is 0 Å². The van der Waals surface area contributed by atoms with Gasteiger partial charge in [-0.05, 0) is 49.9 Å². The van der Waals surface area contributed by atoms with Gasteiger partial charge in [-0.25, -0.2) is 9.18 Å². The standard InChI is InChI=1S/C15H20FNO3/c1-2-20-15(18)14(11-7-9-19-10-8-11)17-13-5-3-12(16)4-6-13/h3-6,11,14,17H,2,7-10H2,1H3. The van der Waals surface area contributed by atoms with Crippen molar-refractivity contribution in [2.75, 3.05) is 25.1 Å². The van der Waals surface area contributed by atoms with Gasteiger partial charge in [-0.2, -0.15) is 0 Å². The normalized spacial score (nSPS) is 17.5. The molecule has 1 aromatic carbocycles. The molecule has 5 heteroatoms. The summed E-state index contributed by atoms with van der Waals surface area (Å²) in [7, 11) is 0. The SMILES string of the molecule is CCOC(=O)C(Nc1ccc(F)cc1)C1CCOCC1. The maximum Gasteiger partial charge on any atom is 0.328 e. The third-order valence-electron chi connectivity index (χ3n) is 3.44. The van der Waals surface area contributed by atoms with E-state index in [1.54, 1.807) is 19.1 Å². The van der Waals surface area contributed by atoms with Crippen LogP contribution in [0.15, 0.2) is 24.3 Å². The van der Waals surface area contributed by atoms with Gasteiger partial charge in [0.25, 0.3) is 0 Å². The number of nitrogens with one attached hydrogen (secondary N) is 1. The molecule has 0 spiro atoms. The van der Waals surface area contributed by atoms with Crippen molar-refractivity contribution in [3.8, 4) is 0 Å². The third kappa shape index (κ3) is 3.93. The Hall–Kier alpha value is -1.62. The van der Waals surface area contributed by atoms with E-state index in [0.717, 1.165) is 18.5 Å². The van der Waals surface area contributed by atoms with Gasteiger partial charge in [-0.3, -0.25) is 0 Å². The summed E-state index contributed by atoms with van der Waals surface area (Å²) in [5.74, 6) is -0.383. The monoisotopic (exact) mass is 281 g/mol. The molecule has 0 aromatic heterocycles. The van der Waals surface area contributed by atoms with Crippen LogP contribution < -0.4 is 5.32 Å². The summed E-state index contributed by atoms with van der Waals surface area (Å²) < 4.78 is 23.4. The lowest BCUT2D eigenvalue weighted by molar-refractivity contribution is -0.146. The lowest BCUT2D eigenvalue weighted by atomic mass is 9.91. The number of rotatable bonds is 5. The first-order chi connectivity index (χ1) is 9.70. The minimum Gasteiger partial charge on any atom is -0.464 e. The Morgan fingerprint density at radius 3 is 2.65 bits per heavy atom. The predicted octanol–water partition coefficient (Wildman–Crippen LogP) is 2.60. The van der Waals surface area contributed by atoms with Gasteiger partial charge < -0.3 is 14.8 Å². The lowest BCUT2D eigenvalue weighted by Gasteiger charge is -2.30. The average Bonchev–Trinajstić information content (AvgIpc) is 2.48. The minimum absolute atomic E-state index is 0.174. The number of esters is 1. The number of ether oxygens (including phenoxy) is 2. The van der Waals surface area contributed by atoms with Crippen LogP contribution in [0.25, 0.3) is 0 Å². The molecule has 1 aromatic rings. The number of carbonyl (C=O) groups is 1. The van der Waals surface area contributed by atoms with Crippen LogP contribution in [0.3, 0.4) is 0 Å². The molecule has 1 N–H and O–H groups in total. The molecule has 1 fully saturated rings. The second kappa shape index (κ2) is 7.24. The maximum atomic E-state index is 12.9. The summed E-state index contributed by atoms with van der Waals surface area (Å²) in [6, 6.07) is 5.58. The van der Waals surface area contributed by atoms with Crippen LogP contribution in [0.5, 0.6) is 0 Å². The zero-order valence-electron chi connectivity index (χ0n) is 11.6. The molecule has 1 unspecified atom stereocenters. The van der Waals surface area contributed by atoms with Gasteiger partial charge >= 0.3 is 5.97 Å². The Morgan fingerprint density at radius 2 is 2.05 bits per heavy atom. The van der Waals surface area contributed by atoms with Crippen LogP contribution >= 0.6 is 0 Å². The smallest absolute Gasteiger partial charge is 0.328 e. The lowest BCUT2D eigenvalue weighted by Crippen LogP contribution is -2.41. The summed E-state index contributed by atoms with van der Waals surface area (Å²) in [4.78, 5) is 12.1. The minimum atomic E-state index is -0.413. The van der Waals surface area contributed by atoms with Crippen LogP contribution in [0.1, 0.15) is 19.8 Å². The fraction of sp³-hybridized carbons (Fsp3) is 0.533. The Labute approximate surface area is 118 Å². The van der Waals surface area contributed by atoms with Crippen LogP contribution in [0.4, 0.5) is 10.1 Å². The van der Waals surface area contributed by atoms with Crippen molar-refractivity contribution in [3.63, 3.8) is 0 Å². The fourth-order valence-electron chi connectivity index (χ4n) is 2.38. The fourth-order valence-corrected chi connectivity index (χ4v) is 2.38. The summed E-state index contributed by atoms with van der Waals surface area (Å²) in [5.41, 5.74) is 0.718. The van der Waals surface area contributed by atoms with Crippen molar-refractivity contribution in [1.82, 2.24) is 0 Å². The third-order valence-corrected chi connectivity index (χ3v) is 3.44. The quantitative estimate of drug-likeness (QED) is 0.843. The zero-order valence-corrected chi connectivity index (χ0v) is 11.6. The van der Waals surface area contributed by atoms with Crippen molar-refractivity contribution in [1.29, 1.82) is 0 Å². The highest BCUT2D eigenvalue weighted by Crippen LogP contribution is 2.23. The molecule has 0 bridgehead atoms. The van der Waals surface area contributed by atoms with E-state index in [1.807, 2.05) is 0 Å². The molecule has 1 heterocycles. The highest BCUT2D eigenvalue weighted by atomic mass is 19.1. The second-order valence-corrected chi connectivity index (χ2v) is 4.83. The van der Waals surface area contributed by atoms with Crippen molar-refractivity contribution in [2.45, 2.75) is 25.8 Å². The summed E-state index contributed by atoms with van der Waals surface area (Å²) in [6.07, 6.45) is 1.63. The largest absolute Gasteiger partial charge is 0.464 e. The topological polar surface area (TPSA) is 47.6 Å². The molecule has 0 saturated carbocycles. The molecule has 4 nitrogen and oxygen atoms in total. The first-order valence-electron chi connectivity index (χ1n) is 6.97. The molecule has 0 amide bonds. The first-order valence-corrected chi connectivity index (χ1v) is 6.97. The number of hydrogen-bond acceptors (Lipinski definition) is 4. The van der Waals surface area contributed by atoms with Gasteiger partial charge in [-0.1, -0.05) is 0 Å². The van der Waals surface area contributed by atoms with E-state index < -0.39 is 6.04 Å². The molecule has 2 rings (SSSR count). The van der Waals surface area contributed by atoms with Crippen LogP contribution in [-0.2, 0) is 14.3 Å². The van der Waals surface area contributed by atoms with Crippen molar-refractivity contribution in [3.05, 3.63) is 30.1 Å². The van der Waals surface area contributed by atoms with Gasteiger partial charge in [0, 0.05) is 18.9 Å². The van der Waals surface area contributed by atoms with E-state index in [0.29, 0.717) is 19.8 Å². The van der Waals surface area contributed by atoms with Crippen molar-refractivity contribution < 1.29 is 18.7 Å². The number of benzene rings is 1. The average molecular weight is 281 g/mol. The molecule has 1 atom stereocenters. The number of hydrogen-bond donors (Lipinski definition) is 1. The van der Waals surface area contributed by atoms with Gasteiger partial charge in [0.05, 0.1) is 6.61 Å². The summed E-state index contributed by atoms with van der Waals surface area (Å²) in [6.45, 7) is 3.46. The number of halogens is 1. The van der Waals surface area contributed by atoms with E-state index >= 15 is 0 Å². The van der Waals surface area contributed by atoms with Crippen LogP contribution in [-0.4, -0.2) is 31.8 Å². The Kier molecular flexibility index (Phi) is 5.35. The molecule has 0 radical (unpaired) electrons. The zero-order chi connectivity index (χ0) is 14.4.